The second-order valence-corrected chi connectivity index (χ2v) is 3.49. The van der Waals surface area contributed by atoms with Crippen LogP contribution in [0.1, 0.15) is 25.2 Å². The van der Waals surface area contributed by atoms with E-state index in [1.165, 1.54) is 11.4 Å². The summed E-state index contributed by atoms with van der Waals surface area (Å²) >= 11 is 0. The van der Waals surface area contributed by atoms with Crippen molar-refractivity contribution in [1.29, 1.82) is 0 Å². The van der Waals surface area contributed by atoms with Crippen LogP contribution < -0.4 is 0 Å². The van der Waals surface area contributed by atoms with Gasteiger partial charge in [-0.2, -0.15) is 0 Å². The van der Waals surface area contributed by atoms with E-state index in [0.717, 1.165) is 6.42 Å². The fraction of sp³-hybridized carbons (Fsp3) is 0.667. The van der Waals surface area contributed by atoms with Crippen molar-refractivity contribution in [2.75, 3.05) is 0 Å². The average Bonchev–Trinajstić information content (AvgIpc) is 2.18. The fourth-order valence-electron chi connectivity index (χ4n) is 1.25. The third kappa shape index (κ3) is 1.82. The minimum Gasteiger partial charge on any atom is -0.337 e. The molecular formula is C9H16N2. The highest BCUT2D eigenvalue weighted by atomic mass is 15.0. The van der Waals surface area contributed by atoms with Gasteiger partial charge in [-0.1, -0.05) is 13.8 Å². The maximum absolute atomic E-state index is 4.23. The highest BCUT2D eigenvalue weighted by molar-refractivity contribution is 5.11. The van der Waals surface area contributed by atoms with E-state index in [0.29, 0.717) is 5.92 Å². The Bertz CT molecular complexity index is 216. The van der Waals surface area contributed by atoms with E-state index < -0.39 is 0 Å². The number of rotatable bonds is 2. The largest absolute Gasteiger partial charge is 0.337 e. The van der Waals surface area contributed by atoms with E-state index in [1.807, 2.05) is 6.33 Å². The molecular weight excluding hydrogens is 136 g/mol. The summed E-state index contributed by atoms with van der Waals surface area (Å²) in [5, 5.41) is 0. The van der Waals surface area contributed by atoms with E-state index in [-0.39, 0.29) is 0 Å². The molecule has 0 aliphatic carbocycles. The van der Waals surface area contributed by atoms with Crippen molar-refractivity contribution in [3.05, 3.63) is 17.7 Å². The van der Waals surface area contributed by atoms with Gasteiger partial charge in [-0.3, -0.25) is 0 Å². The predicted octanol–water partition coefficient (Wildman–Crippen LogP) is 1.93. The standard InChI is InChI=1S/C9H16N2/c1-7(2)5-9-8(3)10-6-11(9)4/h6-7H,5H2,1-4H3. The van der Waals surface area contributed by atoms with Crippen LogP contribution in [-0.2, 0) is 13.5 Å². The summed E-state index contributed by atoms with van der Waals surface area (Å²) in [7, 11) is 2.05. The van der Waals surface area contributed by atoms with E-state index in [2.05, 4.69) is 37.4 Å². The number of aryl methyl sites for hydroxylation is 2. The summed E-state index contributed by atoms with van der Waals surface area (Å²) in [5.41, 5.74) is 2.53. The lowest BCUT2D eigenvalue weighted by Gasteiger charge is -2.05. The van der Waals surface area contributed by atoms with Gasteiger partial charge >= 0.3 is 0 Å². The van der Waals surface area contributed by atoms with E-state index >= 15 is 0 Å². The molecule has 0 N–H and O–H groups in total. The topological polar surface area (TPSA) is 17.8 Å². The predicted molar refractivity (Wildman–Crippen MR) is 46.5 cm³/mol. The lowest BCUT2D eigenvalue weighted by molar-refractivity contribution is 0.613. The first kappa shape index (κ1) is 8.31. The van der Waals surface area contributed by atoms with Crippen LogP contribution in [0.3, 0.4) is 0 Å². The smallest absolute Gasteiger partial charge is 0.0948 e. The number of nitrogens with zero attached hydrogens (tertiary/aromatic N) is 2. The molecule has 0 spiro atoms. The molecule has 2 heteroatoms. The third-order valence-corrected chi connectivity index (χ3v) is 1.87. The summed E-state index contributed by atoms with van der Waals surface area (Å²) in [6.45, 7) is 6.52. The van der Waals surface area contributed by atoms with Gasteiger partial charge in [0.15, 0.2) is 0 Å². The van der Waals surface area contributed by atoms with E-state index in [1.54, 1.807) is 0 Å². The van der Waals surface area contributed by atoms with Crippen molar-refractivity contribution in [2.24, 2.45) is 13.0 Å². The molecule has 0 aliphatic heterocycles. The first-order valence-electron chi connectivity index (χ1n) is 4.08. The molecule has 0 saturated carbocycles. The molecule has 0 bridgehead atoms. The lowest BCUT2D eigenvalue weighted by Crippen LogP contribution is -2.01. The molecule has 0 aromatic carbocycles. The quantitative estimate of drug-likeness (QED) is 0.633. The Hall–Kier alpha value is -0.790. The lowest BCUT2D eigenvalue weighted by atomic mass is 10.1. The van der Waals surface area contributed by atoms with Gasteiger partial charge in [0.05, 0.1) is 12.0 Å². The molecule has 0 atom stereocenters. The third-order valence-electron chi connectivity index (χ3n) is 1.87. The Labute approximate surface area is 68.3 Å². The molecule has 0 amide bonds. The molecule has 0 radical (unpaired) electrons. The molecule has 1 rings (SSSR count). The summed E-state index contributed by atoms with van der Waals surface area (Å²) in [5.74, 6) is 0.712. The monoisotopic (exact) mass is 152 g/mol. The Balaban J connectivity index is 2.83. The van der Waals surface area contributed by atoms with Crippen LogP contribution >= 0.6 is 0 Å². The Kier molecular flexibility index (Phi) is 2.32. The zero-order valence-corrected chi connectivity index (χ0v) is 7.76. The first-order chi connectivity index (χ1) is 5.11. The van der Waals surface area contributed by atoms with E-state index in [9.17, 15) is 0 Å². The molecule has 0 saturated heterocycles. The van der Waals surface area contributed by atoms with Crippen LogP contribution in [0.25, 0.3) is 0 Å². The number of hydrogen-bond donors (Lipinski definition) is 0. The van der Waals surface area contributed by atoms with Crippen LogP contribution in [-0.4, -0.2) is 9.55 Å². The highest BCUT2D eigenvalue weighted by Crippen LogP contribution is 2.10. The second kappa shape index (κ2) is 3.07. The molecule has 2 nitrogen and oxygen atoms in total. The Morgan fingerprint density at radius 2 is 2.18 bits per heavy atom. The minimum absolute atomic E-state index is 0.712. The normalized spacial score (nSPS) is 11.0. The Morgan fingerprint density at radius 3 is 2.55 bits per heavy atom. The van der Waals surface area contributed by atoms with Crippen molar-refractivity contribution in [3.63, 3.8) is 0 Å². The van der Waals surface area contributed by atoms with Gasteiger partial charge in [-0.25, -0.2) is 4.98 Å². The summed E-state index contributed by atoms with van der Waals surface area (Å²) in [6.07, 6.45) is 3.01. The van der Waals surface area contributed by atoms with Crippen molar-refractivity contribution >= 4 is 0 Å². The highest BCUT2D eigenvalue weighted by Gasteiger charge is 2.05. The van der Waals surface area contributed by atoms with Crippen molar-refractivity contribution in [3.8, 4) is 0 Å². The number of imidazole rings is 1. The van der Waals surface area contributed by atoms with Crippen LogP contribution in [0.15, 0.2) is 6.33 Å². The molecule has 62 valence electrons. The van der Waals surface area contributed by atoms with Gasteiger partial charge in [0, 0.05) is 12.7 Å². The summed E-state index contributed by atoms with van der Waals surface area (Å²) in [6, 6.07) is 0. The number of hydrogen-bond acceptors (Lipinski definition) is 1. The molecule has 0 aliphatic rings. The molecule has 1 aromatic heterocycles. The average molecular weight is 152 g/mol. The molecule has 0 unspecified atom stereocenters. The summed E-state index contributed by atoms with van der Waals surface area (Å²) < 4.78 is 2.11. The molecule has 0 fully saturated rings. The minimum atomic E-state index is 0.712. The van der Waals surface area contributed by atoms with Gasteiger partial charge in [-0.15, -0.1) is 0 Å². The zero-order chi connectivity index (χ0) is 8.43. The Morgan fingerprint density at radius 1 is 1.55 bits per heavy atom. The SMILES string of the molecule is Cc1ncn(C)c1CC(C)C. The van der Waals surface area contributed by atoms with Gasteiger partial charge in [0.25, 0.3) is 0 Å². The van der Waals surface area contributed by atoms with Gasteiger partial charge in [0.1, 0.15) is 0 Å². The van der Waals surface area contributed by atoms with Crippen molar-refractivity contribution in [1.82, 2.24) is 9.55 Å². The first-order valence-corrected chi connectivity index (χ1v) is 4.08. The molecule has 1 aromatic rings. The van der Waals surface area contributed by atoms with Crippen LogP contribution in [0, 0.1) is 12.8 Å². The van der Waals surface area contributed by atoms with E-state index in [4.69, 9.17) is 0 Å². The second-order valence-electron chi connectivity index (χ2n) is 3.49. The molecule has 11 heavy (non-hydrogen) atoms. The maximum atomic E-state index is 4.23. The summed E-state index contributed by atoms with van der Waals surface area (Å²) in [4.78, 5) is 4.23. The van der Waals surface area contributed by atoms with Crippen molar-refractivity contribution < 1.29 is 0 Å². The maximum Gasteiger partial charge on any atom is 0.0948 e. The fourth-order valence-corrected chi connectivity index (χ4v) is 1.25. The van der Waals surface area contributed by atoms with Crippen LogP contribution in [0.5, 0.6) is 0 Å². The number of aromatic nitrogens is 2. The van der Waals surface area contributed by atoms with Crippen LogP contribution in [0.4, 0.5) is 0 Å². The van der Waals surface area contributed by atoms with Gasteiger partial charge < -0.3 is 4.57 Å². The van der Waals surface area contributed by atoms with Gasteiger partial charge in [0.2, 0.25) is 0 Å². The van der Waals surface area contributed by atoms with Crippen molar-refractivity contribution in [2.45, 2.75) is 27.2 Å². The van der Waals surface area contributed by atoms with Gasteiger partial charge in [-0.05, 0) is 19.3 Å². The van der Waals surface area contributed by atoms with Crippen LogP contribution in [0.2, 0.25) is 0 Å². The molecule has 1 heterocycles. The zero-order valence-electron chi connectivity index (χ0n) is 7.76.